The highest BCUT2D eigenvalue weighted by molar-refractivity contribution is 7.99. The van der Waals surface area contributed by atoms with Gasteiger partial charge in [-0.05, 0) is 24.0 Å². The maximum absolute atomic E-state index is 13.1. The van der Waals surface area contributed by atoms with Crippen molar-refractivity contribution in [1.29, 1.82) is 0 Å². The lowest BCUT2D eigenvalue weighted by molar-refractivity contribution is 0.575. The fraction of sp³-hybridized carbons (Fsp3) is 0.455. The largest absolute Gasteiger partial charge is 0.326 e. The van der Waals surface area contributed by atoms with E-state index in [9.17, 15) is 12.8 Å². The fourth-order valence-electron chi connectivity index (χ4n) is 1.34. The van der Waals surface area contributed by atoms with Crippen LogP contribution >= 0.6 is 11.8 Å². The highest BCUT2D eigenvalue weighted by Crippen LogP contribution is 2.17. The second kappa shape index (κ2) is 6.51. The Morgan fingerprint density at radius 1 is 1.50 bits per heavy atom. The molecule has 7 heteroatoms. The first-order valence-electron chi connectivity index (χ1n) is 5.41. The Balaban J connectivity index is 3.00. The summed E-state index contributed by atoms with van der Waals surface area (Å²) in [5, 5.41) is 0.148. The number of rotatable bonds is 6. The molecule has 0 aromatic heterocycles. The summed E-state index contributed by atoms with van der Waals surface area (Å²) in [6.07, 6.45) is 1.90. The molecule has 3 N–H and O–H groups in total. The maximum Gasteiger partial charge on any atom is 0.241 e. The van der Waals surface area contributed by atoms with E-state index in [0.717, 1.165) is 6.07 Å². The molecule has 0 saturated carbocycles. The first kappa shape index (κ1) is 15.4. The van der Waals surface area contributed by atoms with Crippen molar-refractivity contribution < 1.29 is 12.8 Å². The summed E-state index contributed by atoms with van der Waals surface area (Å²) < 4.78 is 39.7. The summed E-state index contributed by atoms with van der Waals surface area (Å²) >= 11 is 1.55. The average Bonchev–Trinajstić information content (AvgIpc) is 2.36. The van der Waals surface area contributed by atoms with Crippen LogP contribution in [0.4, 0.5) is 4.39 Å². The molecule has 0 bridgehead atoms. The van der Waals surface area contributed by atoms with Crippen LogP contribution in [0, 0.1) is 5.82 Å². The number of hydrogen-bond acceptors (Lipinski definition) is 4. The van der Waals surface area contributed by atoms with Crippen LogP contribution in [0.3, 0.4) is 0 Å². The first-order chi connectivity index (χ1) is 8.40. The minimum absolute atomic E-state index is 0.0502. The molecule has 1 rings (SSSR count). The van der Waals surface area contributed by atoms with E-state index in [1.807, 2.05) is 13.2 Å². The highest BCUT2D eigenvalue weighted by Gasteiger charge is 2.19. The van der Waals surface area contributed by atoms with E-state index in [1.165, 1.54) is 12.1 Å². The molecule has 0 heterocycles. The van der Waals surface area contributed by atoms with Crippen LogP contribution in [-0.4, -0.2) is 26.5 Å². The molecule has 1 unspecified atom stereocenters. The Bertz CT molecular complexity index is 506. The van der Waals surface area contributed by atoms with E-state index < -0.39 is 15.8 Å². The van der Waals surface area contributed by atoms with Gasteiger partial charge in [-0.2, -0.15) is 11.8 Å². The second-order valence-electron chi connectivity index (χ2n) is 3.85. The molecular formula is C11H17FN2O2S2. The lowest BCUT2D eigenvalue weighted by atomic mass is 10.2. The predicted molar refractivity (Wildman–Crippen MR) is 72.5 cm³/mol. The van der Waals surface area contributed by atoms with E-state index in [4.69, 9.17) is 5.73 Å². The molecule has 0 saturated heterocycles. The summed E-state index contributed by atoms with van der Waals surface area (Å²) in [5.74, 6) is -0.592. The van der Waals surface area contributed by atoms with Gasteiger partial charge >= 0.3 is 0 Å². The van der Waals surface area contributed by atoms with Gasteiger partial charge in [0.25, 0.3) is 0 Å². The fourth-order valence-corrected chi connectivity index (χ4v) is 3.08. The third-order valence-corrected chi connectivity index (χ3v) is 4.98. The minimum atomic E-state index is -3.71. The topological polar surface area (TPSA) is 72.2 Å². The lowest BCUT2D eigenvalue weighted by Gasteiger charge is -2.13. The predicted octanol–water partition coefficient (Wildman–Crippen LogP) is 1.31. The molecule has 1 aromatic rings. The normalized spacial score (nSPS) is 13.6. The molecule has 0 fully saturated rings. The van der Waals surface area contributed by atoms with Crippen molar-refractivity contribution in [2.24, 2.45) is 5.73 Å². The summed E-state index contributed by atoms with van der Waals surface area (Å²) in [6.45, 7) is 2.25. The van der Waals surface area contributed by atoms with Gasteiger partial charge in [-0.3, -0.25) is 0 Å². The Morgan fingerprint density at radius 3 is 2.72 bits per heavy atom. The molecular weight excluding hydrogens is 275 g/mol. The van der Waals surface area contributed by atoms with E-state index in [-0.39, 0.29) is 16.7 Å². The van der Waals surface area contributed by atoms with Gasteiger partial charge in [0.15, 0.2) is 0 Å². The molecule has 0 aliphatic carbocycles. The van der Waals surface area contributed by atoms with Crippen molar-refractivity contribution in [3.8, 4) is 0 Å². The second-order valence-corrected chi connectivity index (χ2v) is 6.87. The summed E-state index contributed by atoms with van der Waals surface area (Å²) in [5.41, 5.74) is 5.86. The van der Waals surface area contributed by atoms with Gasteiger partial charge in [0.1, 0.15) is 5.82 Å². The Morgan fingerprint density at radius 2 is 2.17 bits per heavy atom. The van der Waals surface area contributed by atoms with Crippen LogP contribution in [0.25, 0.3) is 0 Å². The molecule has 102 valence electrons. The quantitative estimate of drug-likeness (QED) is 0.829. The van der Waals surface area contributed by atoms with Gasteiger partial charge in [0.2, 0.25) is 10.0 Å². The molecule has 18 heavy (non-hydrogen) atoms. The van der Waals surface area contributed by atoms with Gasteiger partial charge in [0.05, 0.1) is 4.90 Å². The lowest BCUT2D eigenvalue weighted by Crippen LogP contribution is -2.30. The number of halogens is 1. The molecule has 0 aliphatic heterocycles. The number of benzene rings is 1. The van der Waals surface area contributed by atoms with Gasteiger partial charge in [0, 0.05) is 18.3 Å². The number of sulfonamides is 1. The van der Waals surface area contributed by atoms with Crippen LogP contribution in [0.15, 0.2) is 23.1 Å². The van der Waals surface area contributed by atoms with Crippen molar-refractivity contribution in [2.75, 3.05) is 12.8 Å². The molecule has 0 amide bonds. The molecule has 0 aliphatic rings. The Kier molecular flexibility index (Phi) is 5.58. The van der Waals surface area contributed by atoms with Crippen LogP contribution in [0.2, 0.25) is 0 Å². The van der Waals surface area contributed by atoms with Crippen molar-refractivity contribution in [1.82, 2.24) is 4.72 Å². The molecule has 1 atom stereocenters. The summed E-state index contributed by atoms with van der Waals surface area (Å²) in [6, 6.07) is 3.59. The molecule has 1 aromatic carbocycles. The van der Waals surface area contributed by atoms with E-state index in [2.05, 4.69) is 4.72 Å². The van der Waals surface area contributed by atoms with Crippen LogP contribution in [0.1, 0.15) is 12.5 Å². The van der Waals surface area contributed by atoms with Gasteiger partial charge in [-0.1, -0.05) is 13.0 Å². The zero-order chi connectivity index (χ0) is 13.8. The Labute approximate surface area is 111 Å². The molecule has 0 spiro atoms. The standard InChI is InChI=1S/C11H17FN2O2S2/c1-8(17-2)7-14-18(15,16)11-5-10(12)4-3-9(11)6-13/h3-5,8,14H,6-7,13H2,1-2H3. The van der Waals surface area contributed by atoms with E-state index >= 15 is 0 Å². The number of nitrogens with two attached hydrogens (primary N) is 1. The summed E-state index contributed by atoms with van der Waals surface area (Å²) in [4.78, 5) is -0.0849. The monoisotopic (exact) mass is 292 g/mol. The number of nitrogens with one attached hydrogen (secondary N) is 1. The van der Waals surface area contributed by atoms with Gasteiger partial charge < -0.3 is 5.73 Å². The SMILES string of the molecule is CSC(C)CNS(=O)(=O)c1cc(F)ccc1CN. The van der Waals surface area contributed by atoms with E-state index in [0.29, 0.717) is 12.1 Å². The van der Waals surface area contributed by atoms with Gasteiger partial charge in [-0.15, -0.1) is 0 Å². The maximum atomic E-state index is 13.1. The van der Waals surface area contributed by atoms with Crippen LogP contribution in [-0.2, 0) is 16.6 Å². The van der Waals surface area contributed by atoms with Crippen molar-refractivity contribution >= 4 is 21.8 Å². The third kappa shape index (κ3) is 3.94. The average molecular weight is 292 g/mol. The zero-order valence-electron chi connectivity index (χ0n) is 10.3. The smallest absolute Gasteiger partial charge is 0.241 e. The van der Waals surface area contributed by atoms with Crippen molar-refractivity contribution in [3.63, 3.8) is 0 Å². The Hall–Kier alpha value is -0.630. The zero-order valence-corrected chi connectivity index (χ0v) is 11.9. The highest BCUT2D eigenvalue weighted by atomic mass is 32.2. The van der Waals surface area contributed by atoms with Crippen LogP contribution in [0.5, 0.6) is 0 Å². The minimum Gasteiger partial charge on any atom is -0.326 e. The number of thioether (sulfide) groups is 1. The van der Waals surface area contributed by atoms with Crippen molar-refractivity contribution in [3.05, 3.63) is 29.6 Å². The van der Waals surface area contributed by atoms with E-state index in [1.54, 1.807) is 11.8 Å². The number of hydrogen-bond donors (Lipinski definition) is 2. The summed E-state index contributed by atoms with van der Waals surface area (Å²) in [7, 11) is -3.71. The molecule has 4 nitrogen and oxygen atoms in total. The third-order valence-electron chi connectivity index (χ3n) is 2.50. The van der Waals surface area contributed by atoms with Crippen molar-refractivity contribution in [2.45, 2.75) is 23.6 Å². The van der Waals surface area contributed by atoms with Gasteiger partial charge in [-0.25, -0.2) is 17.5 Å². The molecule has 0 radical (unpaired) electrons. The first-order valence-corrected chi connectivity index (χ1v) is 8.18. The van der Waals surface area contributed by atoms with Crippen LogP contribution < -0.4 is 10.5 Å².